The van der Waals surface area contributed by atoms with Crippen LogP contribution in [0.25, 0.3) is 0 Å². The Labute approximate surface area is 158 Å². The molecule has 1 aliphatic rings. The predicted molar refractivity (Wildman–Crippen MR) is 101 cm³/mol. The van der Waals surface area contributed by atoms with E-state index in [9.17, 15) is 18.0 Å². The predicted octanol–water partition coefficient (Wildman–Crippen LogP) is 2.06. The summed E-state index contributed by atoms with van der Waals surface area (Å²) in [4.78, 5) is 26.3. The van der Waals surface area contributed by atoms with Crippen LogP contribution >= 0.6 is 0 Å². The first-order valence-corrected chi connectivity index (χ1v) is 10.5. The SMILES string of the molecule is O=C(OCC(=O)N(Cc1ccccc1)[C@@H]1CCS(=O)(=O)C1)c1ccccc1. The number of carbonyl (C=O) groups excluding carboxylic acids is 2. The van der Waals surface area contributed by atoms with Crippen molar-refractivity contribution in [1.82, 2.24) is 4.90 Å². The van der Waals surface area contributed by atoms with Crippen LogP contribution in [-0.2, 0) is 25.9 Å². The third kappa shape index (κ3) is 5.17. The molecule has 1 heterocycles. The molecule has 2 aromatic rings. The summed E-state index contributed by atoms with van der Waals surface area (Å²) in [6.07, 6.45) is 0.396. The molecule has 27 heavy (non-hydrogen) atoms. The van der Waals surface area contributed by atoms with Crippen molar-refractivity contribution in [2.75, 3.05) is 18.1 Å². The fraction of sp³-hybridized carbons (Fsp3) is 0.300. The number of ether oxygens (including phenoxy) is 1. The molecule has 0 saturated carbocycles. The normalized spacial score (nSPS) is 18.0. The van der Waals surface area contributed by atoms with Crippen LogP contribution in [0.5, 0.6) is 0 Å². The molecule has 7 heteroatoms. The van der Waals surface area contributed by atoms with Gasteiger partial charge in [0.25, 0.3) is 5.91 Å². The molecule has 3 rings (SSSR count). The van der Waals surface area contributed by atoms with E-state index in [1.165, 1.54) is 4.90 Å². The van der Waals surface area contributed by atoms with E-state index in [1.807, 2.05) is 30.3 Å². The van der Waals surface area contributed by atoms with Gasteiger partial charge in [-0.25, -0.2) is 13.2 Å². The number of benzene rings is 2. The Hall–Kier alpha value is -2.67. The van der Waals surface area contributed by atoms with Crippen LogP contribution in [0.2, 0.25) is 0 Å². The van der Waals surface area contributed by atoms with E-state index in [2.05, 4.69) is 0 Å². The first-order valence-electron chi connectivity index (χ1n) is 8.70. The highest BCUT2D eigenvalue weighted by Crippen LogP contribution is 2.20. The number of hydrogen-bond acceptors (Lipinski definition) is 5. The van der Waals surface area contributed by atoms with E-state index >= 15 is 0 Å². The number of amides is 1. The Morgan fingerprint density at radius 3 is 2.22 bits per heavy atom. The van der Waals surface area contributed by atoms with Crippen LogP contribution in [0.3, 0.4) is 0 Å². The van der Waals surface area contributed by atoms with Gasteiger partial charge < -0.3 is 9.64 Å². The van der Waals surface area contributed by atoms with Crippen molar-refractivity contribution in [3.63, 3.8) is 0 Å². The summed E-state index contributed by atoms with van der Waals surface area (Å²) in [6.45, 7) is -0.139. The Morgan fingerprint density at radius 2 is 1.63 bits per heavy atom. The van der Waals surface area contributed by atoms with Gasteiger partial charge in [0.2, 0.25) is 0 Å². The van der Waals surface area contributed by atoms with Crippen molar-refractivity contribution >= 4 is 21.7 Å². The van der Waals surface area contributed by atoms with Crippen molar-refractivity contribution in [3.05, 3.63) is 71.8 Å². The summed E-state index contributed by atoms with van der Waals surface area (Å²) < 4.78 is 28.8. The lowest BCUT2D eigenvalue weighted by atomic mass is 10.1. The summed E-state index contributed by atoms with van der Waals surface area (Å²) in [6, 6.07) is 17.4. The molecule has 1 aliphatic heterocycles. The van der Waals surface area contributed by atoms with Crippen LogP contribution in [0.1, 0.15) is 22.3 Å². The van der Waals surface area contributed by atoms with E-state index in [0.29, 0.717) is 12.0 Å². The average molecular weight is 387 g/mol. The molecule has 0 aliphatic carbocycles. The highest BCUT2D eigenvalue weighted by molar-refractivity contribution is 7.91. The standard InChI is InChI=1S/C20H21NO5S/c22-19(14-26-20(23)17-9-5-2-6-10-17)21(13-16-7-3-1-4-8-16)18-11-12-27(24,25)15-18/h1-10,18H,11-15H2/t18-/m1/s1. The minimum atomic E-state index is -3.14. The fourth-order valence-corrected chi connectivity index (χ4v) is 4.82. The van der Waals surface area contributed by atoms with Crippen LogP contribution in [-0.4, -0.2) is 49.3 Å². The molecule has 1 amide bonds. The Kier molecular flexibility index (Phi) is 5.91. The zero-order chi connectivity index (χ0) is 19.3. The van der Waals surface area contributed by atoms with Crippen molar-refractivity contribution < 1.29 is 22.7 Å². The molecular weight excluding hydrogens is 366 g/mol. The molecule has 1 fully saturated rings. The van der Waals surface area contributed by atoms with Gasteiger partial charge in [0.05, 0.1) is 17.1 Å². The third-order valence-electron chi connectivity index (χ3n) is 4.50. The van der Waals surface area contributed by atoms with Gasteiger partial charge in [0.1, 0.15) is 0 Å². The van der Waals surface area contributed by atoms with Crippen molar-refractivity contribution in [1.29, 1.82) is 0 Å². The molecular formula is C20H21NO5S. The van der Waals surface area contributed by atoms with Gasteiger partial charge in [-0.05, 0) is 24.1 Å². The van der Waals surface area contributed by atoms with E-state index in [4.69, 9.17) is 4.74 Å². The summed E-state index contributed by atoms with van der Waals surface area (Å²) in [5, 5.41) is 0. The monoisotopic (exact) mass is 387 g/mol. The smallest absolute Gasteiger partial charge is 0.338 e. The van der Waals surface area contributed by atoms with Crippen LogP contribution < -0.4 is 0 Å². The minimum Gasteiger partial charge on any atom is -0.452 e. The maximum atomic E-state index is 12.7. The molecule has 0 radical (unpaired) electrons. The van der Waals surface area contributed by atoms with E-state index < -0.39 is 34.4 Å². The zero-order valence-corrected chi connectivity index (χ0v) is 15.6. The quantitative estimate of drug-likeness (QED) is 0.709. The van der Waals surface area contributed by atoms with Crippen LogP contribution in [0.15, 0.2) is 60.7 Å². The van der Waals surface area contributed by atoms with E-state index in [0.717, 1.165) is 5.56 Å². The molecule has 0 unspecified atom stereocenters. The second-order valence-corrected chi connectivity index (χ2v) is 8.73. The molecule has 0 N–H and O–H groups in total. The van der Waals surface area contributed by atoms with Crippen molar-refractivity contribution in [3.8, 4) is 0 Å². The van der Waals surface area contributed by atoms with Crippen molar-refractivity contribution in [2.24, 2.45) is 0 Å². The number of sulfone groups is 1. The van der Waals surface area contributed by atoms with Crippen molar-refractivity contribution in [2.45, 2.75) is 19.0 Å². The number of hydrogen-bond donors (Lipinski definition) is 0. The van der Waals surface area contributed by atoms with Gasteiger partial charge in [-0.1, -0.05) is 48.5 Å². The van der Waals surface area contributed by atoms with E-state index in [-0.39, 0.29) is 18.1 Å². The second kappa shape index (κ2) is 8.35. The maximum Gasteiger partial charge on any atom is 0.338 e. The first-order chi connectivity index (χ1) is 12.9. The molecule has 142 valence electrons. The summed E-state index contributed by atoms with van der Waals surface area (Å²) in [7, 11) is -3.14. The molecule has 1 saturated heterocycles. The number of nitrogens with zero attached hydrogens (tertiary/aromatic N) is 1. The van der Waals surface area contributed by atoms with Gasteiger partial charge in [-0.15, -0.1) is 0 Å². The first kappa shape index (κ1) is 19.1. The Morgan fingerprint density at radius 1 is 1.00 bits per heavy atom. The third-order valence-corrected chi connectivity index (χ3v) is 6.25. The van der Waals surface area contributed by atoms with Gasteiger partial charge in [0.15, 0.2) is 16.4 Å². The largest absolute Gasteiger partial charge is 0.452 e. The number of carbonyl (C=O) groups is 2. The van der Waals surface area contributed by atoms with Gasteiger partial charge in [-0.3, -0.25) is 4.79 Å². The molecule has 1 atom stereocenters. The second-order valence-electron chi connectivity index (χ2n) is 6.51. The highest BCUT2D eigenvalue weighted by Gasteiger charge is 2.35. The van der Waals surface area contributed by atoms with Crippen LogP contribution in [0, 0.1) is 0 Å². The Bertz CT molecular complexity index is 896. The van der Waals surface area contributed by atoms with Gasteiger partial charge in [0, 0.05) is 12.6 Å². The topological polar surface area (TPSA) is 80.8 Å². The van der Waals surface area contributed by atoms with Gasteiger partial charge >= 0.3 is 5.97 Å². The summed E-state index contributed by atoms with van der Waals surface area (Å²) in [5.41, 5.74) is 1.26. The summed E-state index contributed by atoms with van der Waals surface area (Å²) in [5.74, 6) is -0.967. The fourth-order valence-electron chi connectivity index (χ4n) is 3.09. The number of esters is 1. The molecule has 2 aromatic carbocycles. The minimum absolute atomic E-state index is 0.0573. The van der Waals surface area contributed by atoms with Gasteiger partial charge in [-0.2, -0.15) is 0 Å². The maximum absolute atomic E-state index is 12.7. The lowest BCUT2D eigenvalue weighted by molar-refractivity contribution is -0.137. The highest BCUT2D eigenvalue weighted by atomic mass is 32.2. The van der Waals surface area contributed by atoms with Crippen LogP contribution in [0.4, 0.5) is 0 Å². The molecule has 0 bridgehead atoms. The molecule has 6 nitrogen and oxygen atoms in total. The lowest BCUT2D eigenvalue weighted by Crippen LogP contribution is -2.42. The molecule has 0 aromatic heterocycles. The summed E-state index contributed by atoms with van der Waals surface area (Å²) >= 11 is 0. The molecule has 0 spiro atoms. The lowest BCUT2D eigenvalue weighted by Gasteiger charge is -2.28. The Balaban J connectivity index is 1.69. The zero-order valence-electron chi connectivity index (χ0n) is 14.8. The van der Waals surface area contributed by atoms with E-state index in [1.54, 1.807) is 30.3 Å². The number of rotatable bonds is 6. The average Bonchev–Trinajstić information content (AvgIpc) is 3.05.